The molecule has 0 amide bonds. The summed E-state index contributed by atoms with van der Waals surface area (Å²) in [6, 6.07) is 7.27. The normalized spacial score (nSPS) is 11.2. The Morgan fingerprint density at radius 1 is 1.29 bits per heavy atom. The van der Waals surface area contributed by atoms with Crippen molar-refractivity contribution >= 4 is 23.2 Å². The lowest BCUT2D eigenvalue weighted by Gasteiger charge is -2.09. The first-order valence-corrected chi connectivity index (χ1v) is 8.19. The van der Waals surface area contributed by atoms with Gasteiger partial charge in [0, 0.05) is 16.3 Å². The smallest absolute Gasteiger partial charge is 0.354 e. The summed E-state index contributed by atoms with van der Waals surface area (Å²) in [7, 11) is 0. The molecule has 1 N–H and O–H groups in total. The van der Waals surface area contributed by atoms with Crippen molar-refractivity contribution in [3.8, 4) is 11.1 Å². The van der Waals surface area contributed by atoms with Gasteiger partial charge in [0.05, 0.1) is 11.3 Å². The number of aromatic nitrogens is 3. The molecule has 6 heteroatoms. The van der Waals surface area contributed by atoms with Crippen LogP contribution in [0.1, 0.15) is 40.8 Å². The lowest BCUT2D eigenvalue weighted by Crippen LogP contribution is -2.08. The zero-order valence-corrected chi connectivity index (χ0v) is 14.6. The molecule has 2 aromatic heterocycles. The van der Waals surface area contributed by atoms with Gasteiger partial charge in [0.15, 0.2) is 11.3 Å². The van der Waals surface area contributed by atoms with E-state index >= 15 is 0 Å². The lowest BCUT2D eigenvalue weighted by atomic mass is 10.0. The van der Waals surface area contributed by atoms with E-state index in [9.17, 15) is 9.90 Å². The van der Waals surface area contributed by atoms with Gasteiger partial charge in [-0.15, -0.1) is 0 Å². The van der Waals surface area contributed by atoms with Gasteiger partial charge in [0.1, 0.15) is 0 Å². The molecule has 0 saturated heterocycles. The van der Waals surface area contributed by atoms with E-state index in [0.29, 0.717) is 10.7 Å². The molecule has 2 heterocycles. The summed E-state index contributed by atoms with van der Waals surface area (Å²) in [5.74, 6) is -1.05. The third kappa shape index (κ3) is 2.65. The van der Waals surface area contributed by atoms with Crippen LogP contribution in [-0.2, 0) is 6.42 Å². The van der Waals surface area contributed by atoms with Crippen LogP contribution in [0.15, 0.2) is 24.3 Å². The van der Waals surface area contributed by atoms with E-state index < -0.39 is 5.97 Å². The van der Waals surface area contributed by atoms with Crippen molar-refractivity contribution in [2.24, 2.45) is 0 Å². The fourth-order valence-corrected chi connectivity index (χ4v) is 3.29. The zero-order valence-electron chi connectivity index (χ0n) is 13.8. The predicted octanol–water partition coefficient (Wildman–Crippen LogP) is 4.32. The van der Waals surface area contributed by atoms with Crippen molar-refractivity contribution in [2.75, 3.05) is 0 Å². The number of rotatable bonds is 4. The molecule has 0 atom stereocenters. The summed E-state index contributed by atoms with van der Waals surface area (Å²) in [4.78, 5) is 15.8. The minimum Gasteiger partial charge on any atom is -0.477 e. The molecule has 0 bridgehead atoms. The van der Waals surface area contributed by atoms with Crippen LogP contribution in [0.25, 0.3) is 16.8 Å². The second-order valence-electron chi connectivity index (χ2n) is 5.82. The topological polar surface area (TPSA) is 67.5 Å². The number of aryl methyl sites for hydroxylation is 3. The number of benzene rings is 1. The maximum atomic E-state index is 11.5. The zero-order chi connectivity index (χ0) is 17.4. The highest BCUT2D eigenvalue weighted by atomic mass is 35.5. The van der Waals surface area contributed by atoms with Gasteiger partial charge >= 0.3 is 5.97 Å². The van der Waals surface area contributed by atoms with Gasteiger partial charge in [0.25, 0.3) is 0 Å². The van der Waals surface area contributed by atoms with E-state index in [1.54, 1.807) is 10.6 Å². The molecule has 0 spiro atoms. The molecule has 0 saturated carbocycles. The second-order valence-corrected chi connectivity index (χ2v) is 6.22. The lowest BCUT2D eigenvalue weighted by molar-refractivity contribution is 0.0690. The van der Waals surface area contributed by atoms with Crippen LogP contribution >= 0.6 is 11.6 Å². The minimum absolute atomic E-state index is 0.0248. The summed E-state index contributed by atoms with van der Waals surface area (Å²) in [5, 5.41) is 14.6. The van der Waals surface area contributed by atoms with Gasteiger partial charge in [-0.3, -0.25) is 0 Å². The fourth-order valence-electron chi connectivity index (χ4n) is 2.97. The molecule has 0 aliphatic heterocycles. The molecular weight excluding hydrogens is 326 g/mol. The van der Waals surface area contributed by atoms with Gasteiger partial charge in [-0.1, -0.05) is 37.1 Å². The van der Waals surface area contributed by atoms with Crippen LogP contribution in [0, 0.1) is 13.8 Å². The summed E-state index contributed by atoms with van der Waals surface area (Å²) in [6.45, 7) is 5.91. The Morgan fingerprint density at radius 3 is 2.67 bits per heavy atom. The maximum Gasteiger partial charge on any atom is 0.354 e. The largest absolute Gasteiger partial charge is 0.477 e. The first-order chi connectivity index (χ1) is 11.4. The third-order valence-electron chi connectivity index (χ3n) is 4.03. The molecule has 3 aromatic rings. The van der Waals surface area contributed by atoms with Crippen molar-refractivity contribution in [2.45, 2.75) is 33.6 Å². The first-order valence-electron chi connectivity index (χ1n) is 7.82. The highest BCUT2D eigenvalue weighted by Crippen LogP contribution is 2.36. The number of carboxylic acid groups (broad SMARTS) is 1. The molecule has 1 aromatic carbocycles. The van der Waals surface area contributed by atoms with Gasteiger partial charge in [-0.2, -0.15) is 5.10 Å². The summed E-state index contributed by atoms with van der Waals surface area (Å²) < 4.78 is 1.74. The summed E-state index contributed by atoms with van der Waals surface area (Å²) >= 11 is 6.42. The van der Waals surface area contributed by atoms with Crippen LogP contribution in [0.4, 0.5) is 0 Å². The second kappa shape index (κ2) is 6.24. The van der Waals surface area contributed by atoms with Crippen LogP contribution in [0.5, 0.6) is 0 Å². The van der Waals surface area contributed by atoms with Crippen molar-refractivity contribution < 1.29 is 9.90 Å². The van der Waals surface area contributed by atoms with E-state index in [1.807, 2.05) is 39.0 Å². The molecule has 5 nitrogen and oxygen atoms in total. The number of halogens is 1. The van der Waals surface area contributed by atoms with E-state index in [2.05, 4.69) is 10.1 Å². The Hall–Kier alpha value is -2.40. The fraction of sp³-hybridized carbons (Fsp3) is 0.278. The SMILES string of the molecule is CCCc1cc(C(=O)O)nc2c(-c3c(C)cccc3Cl)c(C)nn12. The highest BCUT2D eigenvalue weighted by Gasteiger charge is 2.21. The van der Waals surface area contributed by atoms with Crippen molar-refractivity contribution in [1.29, 1.82) is 0 Å². The molecule has 124 valence electrons. The molecular formula is C18H18ClN3O2. The molecule has 24 heavy (non-hydrogen) atoms. The van der Waals surface area contributed by atoms with Crippen LogP contribution < -0.4 is 0 Å². The van der Waals surface area contributed by atoms with Gasteiger partial charge in [-0.05, 0) is 38.0 Å². The molecule has 0 aliphatic carbocycles. The number of hydrogen-bond donors (Lipinski definition) is 1. The van der Waals surface area contributed by atoms with E-state index in [4.69, 9.17) is 11.6 Å². The van der Waals surface area contributed by atoms with Crippen molar-refractivity contribution in [1.82, 2.24) is 14.6 Å². The summed E-state index contributed by atoms with van der Waals surface area (Å²) in [6.07, 6.45) is 1.61. The minimum atomic E-state index is -1.05. The Bertz CT molecular complexity index is 927. The average molecular weight is 344 g/mol. The average Bonchev–Trinajstić information content (AvgIpc) is 2.84. The number of nitrogens with zero attached hydrogens (tertiary/aromatic N) is 3. The quantitative estimate of drug-likeness (QED) is 0.766. The molecule has 0 unspecified atom stereocenters. The van der Waals surface area contributed by atoms with Crippen molar-refractivity contribution in [3.05, 3.63) is 51.9 Å². The summed E-state index contributed by atoms with van der Waals surface area (Å²) in [5.41, 5.74) is 4.81. The Balaban J connectivity index is 2.41. The van der Waals surface area contributed by atoms with Crippen molar-refractivity contribution in [3.63, 3.8) is 0 Å². The van der Waals surface area contributed by atoms with Gasteiger partial charge in [-0.25, -0.2) is 14.3 Å². The monoisotopic (exact) mass is 343 g/mol. The predicted molar refractivity (Wildman–Crippen MR) is 93.9 cm³/mol. The number of aromatic carboxylic acids is 1. The molecule has 0 aliphatic rings. The molecule has 0 radical (unpaired) electrons. The number of carboxylic acids is 1. The van der Waals surface area contributed by atoms with Crippen LogP contribution in [0.2, 0.25) is 5.02 Å². The number of hydrogen-bond acceptors (Lipinski definition) is 3. The van der Waals surface area contributed by atoms with E-state index in [1.165, 1.54) is 0 Å². The number of fused-ring (bicyclic) bond motifs is 1. The third-order valence-corrected chi connectivity index (χ3v) is 4.35. The number of carbonyl (C=O) groups is 1. The first kappa shape index (κ1) is 16.5. The Morgan fingerprint density at radius 2 is 2.04 bits per heavy atom. The Kier molecular flexibility index (Phi) is 4.28. The van der Waals surface area contributed by atoms with Gasteiger partial charge < -0.3 is 5.11 Å². The molecule has 3 rings (SSSR count). The van der Waals surface area contributed by atoms with Crippen LogP contribution in [0.3, 0.4) is 0 Å². The van der Waals surface area contributed by atoms with E-state index in [-0.39, 0.29) is 5.69 Å². The highest BCUT2D eigenvalue weighted by molar-refractivity contribution is 6.33. The molecule has 0 fully saturated rings. The van der Waals surface area contributed by atoms with Gasteiger partial charge in [0.2, 0.25) is 0 Å². The maximum absolute atomic E-state index is 11.5. The van der Waals surface area contributed by atoms with E-state index in [0.717, 1.165) is 40.9 Å². The Labute approximate surface area is 144 Å². The standard InChI is InChI=1S/C18H18ClN3O2/c1-4-6-12-9-14(18(23)24)20-17-16(11(3)21-22(12)17)15-10(2)7-5-8-13(15)19/h5,7-9H,4,6H2,1-3H3,(H,23,24). The van der Waals surface area contributed by atoms with Crippen LogP contribution in [-0.4, -0.2) is 25.7 Å².